The first kappa shape index (κ1) is 23.7. The lowest BCUT2D eigenvalue weighted by molar-refractivity contribution is 0.102. The van der Waals surface area contributed by atoms with Gasteiger partial charge in [-0.05, 0) is 61.5 Å². The zero-order valence-corrected chi connectivity index (χ0v) is 19.6. The number of piperazine rings is 1. The van der Waals surface area contributed by atoms with Gasteiger partial charge in [-0.25, -0.2) is 12.8 Å². The quantitative estimate of drug-likeness (QED) is 0.550. The Balaban J connectivity index is 1.48. The Labute approximate surface area is 198 Å². The fourth-order valence-electron chi connectivity index (χ4n) is 3.81. The minimum atomic E-state index is -4.10. The zero-order valence-electron chi connectivity index (χ0n) is 18.8. The van der Waals surface area contributed by atoms with Crippen molar-refractivity contribution < 1.29 is 22.3 Å². The predicted molar refractivity (Wildman–Crippen MR) is 129 cm³/mol. The SMILES string of the molecule is CCOc1ccc(NC(=O)c2ccc(F)c(S(=O)(=O)N3CCN(c4ccccc4)CC3)c2)cc1. The standard InChI is InChI=1S/C25H26FN3O4S/c1-2-33-22-11-9-20(10-12-22)27-25(30)19-8-13-23(26)24(18-19)34(31,32)29-16-14-28(15-17-29)21-6-4-3-5-7-21/h3-13,18H,2,14-17H2,1H3,(H,27,30). The number of nitrogens with zero attached hydrogens (tertiary/aromatic N) is 2. The van der Waals surface area contributed by atoms with Gasteiger partial charge in [0.05, 0.1) is 6.61 Å². The summed E-state index contributed by atoms with van der Waals surface area (Å²) in [4.78, 5) is 14.3. The number of carbonyl (C=O) groups excluding carboxylic acids is 1. The van der Waals surface area contributed by atoms with Crippen LogP contribution in [0.1, 0.15) is 17.3 Å². The normalized spacial score (nSPS) is 14.6. The fraction of sp³-hybridized carbons (Fsp3) is 0.240. The van der Waals surface area contributed by atoms with Gasteiger partial charge in [-0.2, -0.15) is 4.31 Å². The maximum Gasteiger partial charge on any atom is 0.255 e. The molecule has 0 radical (unpaired) electrons. The molecule has 34 heavy (non-hydrogen) atoms. The summed E-state index contributed by atoms with van der Waals surface area (Å²) in [6.45, 7) is 3.82. The highest BCUT2D eigenvalue weighted by Gasteiger charge is 2.31. The first-order valence-corrected chi connectivity index (χ1v) is 12.5. The van der Waals surface area contributed by atoms with E-state index in [9.17, 15) is 17.6 Å². The second kappa shape index (κ2) is 10.2. The summed E-state index contributed by atoms with van der Waals surface area (Å²) in [5.41, 5.74) is 1.58. The number of nitrogens with one attached hydrogen (secondary N) is 1. The number of hydrogen-bond donors (Lipinski definition) is 1. The van der Waals surface area contributed by atoms with E-state index in [-0.39, 0.29) is 18.7 Å². The first-order valence-electron chi connectivity index (χ1n) is 11.0. The lowest BCUT2D eigenvalue weighted by atomic mass is 10.2. The van der Waals surface area contributed by atoms with E-state index in [4.69, 9.17) is 4.74 Å². The molecule has 0 unspecified atom stereocenters. The Kier molecular flexibility index (Phi) is 7.14. The van der Waals surface area contributed by atoms with Crippen molar-refractivity contribution in [1.29, 1.82) is 0 Å². The molecule has 9 heteroatoms. The third-order valence-electron chi connectivity index (χ3n) is 5.59. The molecule has 1 saturated heterocycles. The topological polar surface area (TPSA) is 78.9 Å². The molecule has 0 saturated carbocycles. The van der Waals surface area contributed by atoms with Crippen LogP contribution in [0.2, 0.25) is 0 Å². The van der Waals surface area contributed by atoms with E-state index in [0.717, 1.165) is 17.8 Å². The molecule has 0 aromatic heterocycles. The Bertz CT molecular complexity index is 1240. The smallest absolute Gasteiger partial charge is 0.255 e. The van der Waals surface area contributed by atoms with Crippen LogP contribution in [0.15, 0.2) is 77.7 Å². The van der Waals surface area contributed by atoms with Crippen molar-refractivity contribution >= 4 is 27.3 Å². The Morgan fingerprint density at radius 1 is 0.971 bits per heavy atom. The van der Waals surface area contributed by atoms with Gasteiger partial charge >= 0.3 is 0 Å². The number of rotatable bonds is 7. The molecule has 1 amide bonds. The van der Waals surface area contributed by atoms with Crippen LogP contribution < -0.4 is 15.0 Å². The van der Waals surface area contributed by atoms with Gasteiger partial charge in [-0.1, -0.05) is 18.2 Å². The third-order valence-corrected chi connectivity index (χ3v) is 7.51. The summed E-state index contributed by atoms with van der Waals surface area (Å²) in [6.07, 6.45) is 0. The molecule has 178 valence electrons. The van der Waals surface area contributed by atoms with Gasteiger partial charge in [0.25, 0.3) is 5.91 Å². The van der Waals surface area contributed by atoms with Crippen molar-refractivity contribution in [2.75, 3.05) is 43.0 Å². The van der Waals surface area contributed by atoms with Crippen molar-refractivity contribution in [2.24, 2.45) is 0 Å². The van der Waals surface area contributed by atoms with E-state index >= 15 is 0 Å². The summed E-state index contributed by atoms with van der Waals surface area (Å²) >= 11 is 0. The van der Waals surface area contributed by atoms with E-state index in [2.05, 4.69) is 10.2 Å². The molecule has 7 nitrogen and oxygen atoms in total. The Morgan fingerprint density at radius 3 is 2.29 bits per heavy atom. The van der Waals surface area contributed by atoms with Crippen LogP contribution in [-0.4, -0.2) is 51.4 Å². The second-order valence-electron chi connectivity index (χ2n) is 7.78. The zero-order chi connectivity index (χ0) is 24.1. The van der Waals surface area contributed by atoms with Crippen LogP contribution in [0.3, 0.4) is 0 Å². The monoisotopic (exact) mass is 483 g/mol. The van der Waals surface area contributed by atoms with Crippen LogP contribution in [0.4, 0.5) is 15.8 Å². The van der Waals surface area contributed by atoms with Gasteiger partial charge in [-0.3, -0.25) is 4.79 Å². The maximum absolute atomic E-state index is 14.6. The number of sulfonamides is 1. The molecule has 3 aromatic rings. The molecule has 0 atom stereocenters. The molecular weight excluding hydrogens is 457 g/mol. The van der Waals surface area contributed by atoms with Crippen molar-refractivity contribution in [3.63, 3.8) is 0 Å². The van der Waals surface area contributed by atoms with Crippen LogP contribution in [-0.2, 0) is 10.0 Å². The highest BCUT2D eigenvalue weighted by Crippen LogP contribution is 2.24. The molecule has 1 N–H and O–H groups in total. The molecule has 0 bridgehead atoms. The van der Waals surface area contributed by atoms with Crippen LogP contribution in [0.25, 0.3) is 0 Å². The highest BCUT2D eigenvalue weighted by molar-refractivity contribution is 7.89. The summed E-state index contributed by atoms with van der Waals surface area (Å²) in [5.74, 6) is -0.749. The van der Waals surface area contributed by atoms with Crippen molar-refractivity contribution in [1.82, 2.24) is 4.31 Å². The third kappa shape index (κ3) is 5.21. The van der Waals surface area contributed by atoms with E-state index in [1.165, 1.54) is 10.4 Å². The van der Waals surface area contributed by atoms with E-state index in [1.807, 2.05) is 37.3 Å². The van der Waals surface area contributed by atoms with Gasteiger partial charge in [0.2, 0.25) is 10.0 Å². The maximum atomic E-state index is 14.6. The molecule has 1 aliphatic rings. The van der Waals surface area contributed by atoms with Crippen LogP contribution in [0, 0.1) is 5.82 Å². The summed E-state index contributed by atoms with van der Waals surface area (Å²) < 4.78 is 47.7. The van der Waals surface area contributed by atoms with Crippen molar-refractivity contribution in [2.45, 2.75) is 11.8 Å². The molecule has 1 fully saturated rings. The molecular formula is C25H26FN3O4S. The molecule has 4 rings (SSSR count). The van der Waals surface area contributed by atoms with Gasteiger partial charge < -0.3 is 15.0 Å². The Morgan fingerprint density at radius 2 is 1.65 bits per heavy atom. The number of benzene rings is 3. The van der Waals surface area contributed by atoms with E-state index < -0.39 is 26.6 Å². The van der Waals surface area contributed by atoms with Crippen LogP contribution in [0.5, 0.6) is 5.75 Å². The molecule has 1 heterocycles. The summed E-state index contributed by atoms with van der Waals surface area (Å²) in [5, 5.41) is 2.70. The largest absolute Gasteiger partial charge is 0.494 e. The van der Waals surface area contributed by atoms with Crippen molar-refractivity contribution in [3.8, 4) is 5.75 Å². The molecule has 0 spiro atoms. The van der Waals surface area contributed by atoms with Gasteiger partial charge in [0, 0.05) is 43.1 Å². The minimum absolute atomic E-state index is 0.0526. The van der Waals surface area contributed by atoms with E-state index in [0.29, 0.717) is 31.1 Å². The number of anilines is 2. The average molecular weight is 484 g/mol. The van der Waals surface area contributed by atoms with Gasteiger partial charge in [0.15, 0.2) is 0 Å². The van der Waals surface area contributed by atoms with E-state index in [1.54, 1.807) is 24.3 Å². The molecule has 3 aromatic carbocycles. The lowest BCUT2D eigenvalue weighted by Crippen LogP contribution is -2.48. The first-order chi connectivity index (χ1) is 16.4. The highest BCUT2D eigenvalue weighted by atomic mass is 32.2. The van der Waals surface area contributed by atoms with Crippen molar-refractivity contribution in [3.05, 3.63) is 84.2 Å². The molecule has 0 aliphatic carbocycles. The Hall–Kier alpha value is -3.43. The number of ether oxygens (including phenoxy) is 1. The minimum Gasteiger partial charge on any atom is -0.494 e. The number of carbonyl (C=O) groups is 1. The number of hydrogen-bond acceptors (Lipinski definition) is 5. The fourth-order valence-corrected chi connectivity index (χ4v) is 5.32. The predicted octanol–water partition coefficient (Wildman–Crippen LogP) is 3.99. The lowest BCUT2D eigenvalue weighted by Gasteiger charge is -2.35. The number of para-hydroxylation sites is 1. The average Bonchev–Trinajstić information content (AvgIpc) is 2.86. The molecule has 1 aliphatic heterocycles. The van der Waals surface area contributed by atoms with Gasteiger partial charge in [0.1, 0.15) is 16.5 Å². The van der Waals surface area contributed by atoms with Gasteiger partial charge in [-0.15, -0.1) is 0 Å². The second-order valence-corrected chi connectivity index (χ2v) is 9.69. The summed E-state index contributed by atoms with van der Waals surface area (Å²) in [7, 11) is -4.10. The summed E-state index contributed by atoms with van der Waals surface area (Å²) in [6, 6.07) is 19.9. The number of amides is 1. The van der Waals surface area contributed by atoms with Crippen LogP contribution >= 0.6 is 0 Å². The number of halogens is 1.